The zero-order valence-corrected chi connectivity index (χ0v) is 12.8. The summed E-state index contributed by atoms with van der Waals surface area (Å²) in [7, 11) is 0. The van der Waals surface area contributed by atoms with Gasteiger partial charge in [-0.15, -0.1) is 11.3 Å². The maximum absolute atomic E-state index is 12.9. The molecule has 1 aliphatic rings. The number of fused-ring (bicyclic) bond motifs is 1. The highest BCUT2D eigenvalue weighted by Gasteiger charge is 2.32. The lowest BCUT2D eigenvalue weighted by Crippen LogP contribution is -2.38. The minimum absolute atomic E-state index is 0.0655. The Bertz CT molecular complexity index is 764. The van der Waals surface area contributed by atoms with E-state index < -0.39 is 0 Å². The maximum Gasteiger partial charge on any atom is 0.264 e. The van der Waals surface area contributed by atoms with Crippen molar-refractivity contribution in [3.63, 3.8) is 0 Å². The molecule has 1 saturated heterocycles. The molecule has 2 aromatic heterocycles. The number of aromatic nitrogens is 2. The lowest BCUT2D eigenvalue weighted by Gasteiger charge is -2.33. The van der Waals surface area contributed by atoms with Crippen molar-refractivity contribution >= 4 is 27.3 Å². The van der Waals surface area contributed by atoms with E-state index in [4.69, 9.17) is 4.52 Å². The first-order chi connectivity index (χ1) is 10.8. The maximum atomic E-state index is 12.9. The Hall–Kier alpha value is -2.21. The fraction of sp³-hybridized carbons (Fsp3) is 0.312. The van der Waals surface area contributed by atoms with Crippen LogP contribution in [-0.2, 0) is 0 Å². The second-order valence-corrected chi connectivity index (χ2v) is 6.53. The van der Waals surface area contributed by atoms with E-state index in [1.54, 1.807) is 11.3 Å². The lowest BCUT2D eigenvalue weighted by molar-refractivity contribution is 0.0602. The molecule has 0 spiro atoms. The van der Waals surface area contributed by atoms with Gasteiger partial charge >= 0.3 is 0 Å². The standard InChI is InChI=1S/C16H15N3O2S/c20-16(14-9-11-5-1-2-7-13(11)22-14)19-8-4-3-6-12(19)15-17-10-21-18-15/h1-2,5,7,9-10,12H,3-4,6,8H2/t12-/m1/s1. The monoisotopic (exact) mass is 313 g/mol. The molecule has 0 radical (unpaired) electrons. The van der Waals surface area contributed by atoms with Crippen molar-refractivity contribution in [3.05, 3.63) is 47.4 Å². The van der Waals surface area contributed by atoms with Crippen molar-refractivity contribution in [1.82, 2.24) is 15.0 Å². The van der Waals surface area contributed by atoms with Crippen LogP contribution in [0.1, 0.15) is 40.8 Å². The van der Waals surface area contributed by atoms with E-state index in [9.17, 15) is 4.79 Å². The van der Waals surface area contributed by atoms with Crippen LogP contribution in [0, 0.1) is 0 Å². The Morgan fingerprint density at radius 1 is 1.32 bits per heavy atom. The molecule has 0 unspecified atom stereocenters. The third kappa shape index (κ3) is 2.29. The summed E-state index contributed by atoms with van der Waals surface area (Å²) in [5.41, 5.74) is 0. The van der Waals surface area contributed by atoms with Crippen LogP contribution in [0.3, 0.4) is 0 Å². The molecule has 5 nitrogen and oxygen atoms in total. The zero-order valence-electron chi connectivity index (χ0n) is 11.9. The lowest BCUT2D eigenvalue weighted by atomic mass is 10.0. The molecule has 6 heteroatoms. The molecule has 1 aliphatic heterocycles. The van der Waals surface area contributed by atoms with Crippen molar-refractivity contribution in [2.24, 2.45) is 0 Å². The Kier molecular flexibility index (Phi) is 3.38. The van der Waals surface area contributed by atoms with Gasteiger partial charge in [-0.25, -0.2) is 0 Å². The van der Waals surface area contributed by atoms with E-state index in [1.165, 1.54) is 6.39 Å². The first kappa shape index (κ1) is 13.5. The van der Waals surface area contributed by atoms with Crippen LogP contribution in [0.15, 0.2) is 41.2 Å². The summed E-state index contributed by atoms with van der Waals surface area (Å²) in [6, 6.07) is 9.97. The van der Waals surface area contributed by atoms with Gasteiger partial charge < -0.3 is 9.42 Å². The Labute approximate surface area is 131 Å². The van der Waals surface area contributed by atoms with Crippen molar-refractivity contribution in [2.75, 3.05) is 6.54 Å². The van der Waals surface area contributed by atoms with Gasteiger partial charge in [-0.05, 0) is 36.8 Å². The molecule has 0 saturated carbocycles. The number of rotatable bonds is 2. The number of amides is 1. The molecular weight excluding hydrogens is 298 g/mol. The zero-order chi connectivity index (χ0) is 14.9. The van der Waals surface area contributed by atoms with E-state index in [2.05, 4.69) is 10.1 Å². The summed E-state index contributed by atoms with van der Waals surface area (Å²) in [6.07, 6.45) is 4.31. The normalized spacial score (nSPS) is 18.7. The molecule has 0 bridgehead atoms. The molecule has 1 fully saturated rings. The minimum Gasteiger partial charge on any atom is -0.343 e. The fourth-order valence-electron chi connectivity index (χ4n) is 3.00. The predicted octanol–water partition coefficient (Wildman–Crippen LogP) is 3.65. The van der Waals surface area contributed by atoms with Crippen LogP contribution >= 0.6 is 11.3 Å². The number of benzene rings is 1. The van der Waals surface area contributed by atoms with E-state index in [1.807, 2.05) is 35.2 Å². The van der Waals surface area contributed by atoms with Crippen molar-refractivity contribution in [1.29, 1.82) is 0 Å². The van der Waals surface area contributed by atoms with Crippen molar-refractivity contribution in [2.45, 2.75) is 25.3 Å². The largest absolute Gasteiger partial charge is 0.343 e. The molecule has 22 heavy (non-hydrogen) atoms. The molecule has 1 aromatic carbocycles. The van der Waals surface area contributed by atoms with Crippen LogP contribution in [0.2, 0.25) is 0 Å². The van der Waals surface area contributed by atoms with Crippen LogP contribution in [-0.4, -0.2) is 27.5 Å². The topological polar surface area (TPSA) is 59.2 Å². The van der Waals surface area contributed by atoms with Gasteiger partial charge in [0.15, 0.2) is 5.82 Å². The Morgan fingerprint density at radius 3 is 3.05 bits per heavy atom. The average Bonchev–Trinajstić information content (AvgIpc) is 3.23. The van der Waals surface area contributed by atoms with E-state index in [0.29, 0.717) is 5.82 Å². The van der Waals surface area contributed by atoms with E-state index in [0.717, 1.165) is 40.8 Å². The van der Waals surface area contributed by atoms with E-state index >= 15 is 0 Å². The number of nitrogens with zero attached hydrogens (tertiary/aromatic N) is 3. The summed E-state index contributed by atoms with van der Waals surface area (Å²) >= 11 is 1.54. The molecule has 4 rings (SSSR count). The van der Waals surface area contributed by atoms with Gasteiger partial charge in [0.25, 0.3) is 5.91 Å². The summed E-state index contributed by atoms with van der Waals surface area (Å²) < 4.78 is 5.99. The molecule has 3 aromatic rings. The van der Waals surface area contributed by atoms with Gasteiger partial charge in [0.2, 0.25) is 6.39 Å². The van der Waals surface area contributed by atoms with Gasteiger partial charge in [-0.2, -0.15) is 4.98 Å². The molecule has 3 heterocycles. The number of likely N-dealkylation sites (tertiary alicyclic amines) is 1. The van der Waals surface area contributed by atoms with Crippen LogP contribution in [0.4, 0.5) is 0 Å². The summed E-state index contributed by atoms with van der Waals surface area (Å²) in [4.78, 5) is 19.7. The van der Waals surface area contributed by atoms with Gasteiger partial charge in [-0.1, -0.05) is 23.4 Å². The van der Waals surface area contributed by atoms with Crippen LogP contribution in [0.5, 0.6) is 0 Å². The average molecular weight is 313 g/mol. The molecule has 0 aliphatic carbocycles. The van der Waals surface area contributed by atoms with Crippen molar-refractivity contribution < 1.29 is 9.32 Å². The third-order valence-electron chi connectivity index (χ3n) is 4.08. The van der Waals surface area contributed by atoms with Crippen LogP contribution < -0.4 is 0 Å². The Morgan fingerprint density at radius 2 is 2.23 bits per heavy atom. The predicted molar refractivity (Wildman–Crippen MR) is 83.8 cm³/mol. The SMILES string of the molecule is O=C(c1cc2ccccc2s1)N1CCCC[C@@H]1c1ncon1. The molecule has 112 valence electrons. The Balaban J connectivity index is 1.67. The van der Waals surface area contributed by atoms with Crippen molar-refractivity contribution in [3.8, 4) is 0 Å². The second kappa shape index (κ2) is 5.53. The van der Waals surface area contributed by atoms with Gasteiger partial charge in [-0.3, -0.25) is 4.79 Å². The summed E-state index contributed by atoms with van der Waals surface area (Å²) in [5, 5.41) is 5.05. The highest BCUT2D eigenvalue weighted by atomic mass is 32.1. The van der Waals surface area contributed by atoms with E-state index in [-0.39, 0.29) is 11.9 Å². The highest BCUT2D eigenvalue weighted by Crippen LogP contribution is 2.33. The highest BCUT2D eigenvalue weighted by molar-refractivity contribution is 7.20. The third-order valence-corrected chi connectivity index (χ3v) is 5.18. The smallest absolute Gasteiger partial charge is 0.264 e. The molecular formula is C16H15N3O2S. The fourth-order valence-corrected chi connectivity index (χ4v) is 4.02. The number of hydrogen-bond donors (Lipinski definition) is 0. The van der Waals surface area contributed by atoms with Gasteiger partial charge in [0.05, 0.1) is 10.9 Å². The first-order valence-corrected chi connectivity index (χ1v) is 8.20. The second-order valence-electron chi connectivity index (χ2n) is 5.45. The number of carbonyl (C=O) groups is 1. The van der Waals surface area contributed by atoms with Gasteiger partial charge in [0, 0.05) is 11.2 Å². The van der Waals surface area contributed by atoms with Crippen LogP contribution in [0.25, 0.3) is 10.1 Å². The minimum atomic E-state index is -0.0785. The summed E-state index contributed by atoms with van der Waals surface area (Å²) in [6.45, 7) is 0.742. The molecule has 1 amide bonds. The summed E-state index contributed by atoms with van der Waals surface area (Å²) in [5.74, 6) is 0.671. The number of hydrogen-bond acceptors (Lipinski definition) is 5. The number of thiophene rings is 1. The number of piperidine rings is 1. The molecule has 0 N–H and O–H groups in total. The molecule has 1 atom stereocenters. The first-order valence-electron chi connectivity index (χ1n) is 7.39. The quantitative estimate of drug-likeness (QED) is 0.724. The number of carbonyl (C=O) groups excluding carboxylic acids is 1. The van der Waals surface area contributed by atoms with Gasteiger partial charge in [0.1, 0.15) is 0 Å².